The monoisotopic (exact) mass is 249 g/mol. The van der Waals surface area contributed by atoms with Crippen LogP contribution in [0.15, 0.2) is 8.68 Å². The Kier molecular flexibility index (Phi) is 5.84. The van der Waals surface area contributed by atoms with Gasteiger partial charge in [0.25, 0.3) is 0 Å². The smallest absolute Gasteiger partial charge is 0.175 e. The van der Waals surface area contributed by atoms with Crippen molar-refractivity contribution in [3.63, 3.8) is 0 Å². The molecule has 1 aromatic rings. The van der Waals surface area contributed by atoms with Crippen LogP contribution in [0.25, 0.3) is 0 Å². The summed E-state index contributed by atoms with van der Waals surface area (Å²) in [4.78, 5) is 0. The minimum absolute atomic E-state index is 0.673. The lowest BCUT2D eigenvalue weighted by Gasteiger charge is -2.07. The second-order valence-corrected chi connectivity index (χ2v) is 6.31. The Labute approximate surface area is 97.5 Å². The zero-order valence-corrected chi connectivity index (χ0v) is 11.1. The molecule has 0 saturated carbocycles. The highest BCUT2D eigenvalue weighted by Gasteiger charge is 2.06. The lowest BCUT2D eigenvalue weighted by Crippen LogP contribution is -2.17. The van der Waals surface area contributed by atoms with Gasteiger partial charge in [-0.3, -0.25) is 0 Å². The second-order valence-electron chi connectivity index (χ2n) is 3.01. The first-order chi connectivity index (χ1) is 6.76. The molecule has 1 heterocycles. The molecule has 1 N–H and O–H groups in total. The fourth-order valence-corrected chi connectivity index (χ4v) is 3.44. The standard InChI is InChI=1S/C8H15N3S3/c1-6(4-9-2)5-13-8-11-10-7(12-3)14-8/h6,9H,4-5H2,1-3H3. The number of hydrogen-bond donors (Lipinski definition) is 1. The molecule has 6 heteroatoms. The summed E-state index contributed by atoms with van der Waals surface area (Å²) < 4.78 is 2.13. The summed E-state index contributed by atoms with van der Waals surface area (Å²) in [5.41, 5.74) is 0. The average Bonchev–Trinajstić information content (AvgIpc) is 2.63. The van der Waals surface area contributed by atoms with Gasteiger partial charge in [-0.25, -0.2) is 0 Å². The molecule has 0 aliphatic carbocycles. The molecule has 0 saturated heterocycles. The molecule has 0 amide bonds. The molecule has 80 valence electrons. The van der Waals surface area contributed by atoms with Gasteiger partial charge in [-0.2, -0.15) is 0 Å². The fourth-order valence-electron chi connectivity index (χ4n) is 0.959. The van der Waals surface area contributed by atoms with Gasteiger partial charge in [0.05, 0.1) is 0 Å². The minimum atomic E-state index is 0.673. The van der Waals surface area contributed by atoms with Crippen molar-refractivity contribution >= 4 is 34.9 Å². The highest BCUT2D eigenvalue weighted by molar-refractivity contribution is 8.02. The Morgan fingerprint density at radius 3 is 2.71 bits per heavy atom. The SMILES string of the molecule is CNCC(C)CSc1nnc(SC)s1. The van der Waals surface area contributed by atoms with Gasteiger partial charge in [0.1, 0.15) is 0 Å². The largest absolute Gasteiger partial charge is 0.319 e. The zero-order valence-electron chi connectivity index (χ0n) is 8.61. The highest BCUT2D eigenvalue weighted by atomic mass is 32.2. The number of hydrogen-bond acceptors (Lipinski definition) is 6. The maximum atomic E-state index is 4.11. The molecule has 0 aromatic carbocycles. The predicted molar refractivity (Wildman–Crippen MR) is 65.5 cm³/mol. The number of nitrogens with zero attached hydrogens (tertiary/aromatic N) is 2. The van der Waals surface area contributed by atoms with Gasteiger partial charge in [0.15, 0.2) is 8.68 Å². The summed E-state index contributed by atoms with van der Waals surface area (Å²) in [7, 11) is 1.98. The van der Waals surface area contributed by atoms with Crippen LogP contribution in [0, 0.1) is 5.92 Å². The van der Waals surface area contributed by atoms with Gasteiger partial charge in [0.2, 0.25) is 0 Å². The first kappa shape index (κ1) is 12.3. The molecule has 3 nitrogen and oxygen atoms in total. The summed E-state index contributed by atoms with van der Waals surface area (Å²) in [6, 6.07) is 0. The van der Waals surface area contributed by atoms with Gasteiger partial charge >= 0.3 is 0 Å². The van der Waals surface area contributed by atoms with Crippen LogP contribution in [0.5, 0.6) is 0 Å². The van der Waals surface area contributed by atoms with Crippen LogP contribution in [-0.4, -0.2) is 35.8 Å². The van der Waals surface area contributed by atoms with Crippen LogP contribution in [0.3, 0.4) is 0 Å². The van der Waals surface area contributed by atoms with Gasteiger partial charge in [-0.05, 0) is 25.8 Å². The predicted octanol–water partition coefficient (Wildman–Crippen LogP) is 2.21. The molecule has 0 bridgehead atoms. The minimum Gasteiger partial charge on any atom is -0.319 e. The van der Waals surface area contributed by atoms with Gasteiger partial charge in [-0.1, -0.05) is 41.8 Å². The first-order valence-corrected chi connectivity index (χ1v) is 7.43. The molecular formula is C8H15N3S3. The van der Waals surface area contributed by atoms with Crippen molar-refractivity contribution in [2.75, 3.05) is 25.6 Å². The van der Waals surface area contributed by atoms with Crippen molar-refractivity contribution in [2.24, 2.45) is 5.92 Å². The summed E-state index contributed by atoms with van der Waals surface area (Å²) in [6.07, 6.45) is 2.03. The van der Waals surface area contributed by atoms with E-state index in [1.807, 2.05) is 13.3 Å². The van der Waals surface area contributed by atoms with Crippen molar-refractivity contribution in [1.29, 1.82) is 0 Å². The van der Waals surface area contributed by atoms with Crippen molar-refractivity contribution in [2.45, 2.75) is 15.6 Å². The van der Waals surface area contributed by atoms with Crippen molar-refractivity contribution in [3.8, 4) is 0 Å². The van der Waals surface area contributed by atoms with Crippen LogP contribution < -0.4 is 5.32 Å². The Balaban J connectivity index is 2.30. The molecule has 0 radical (unpaired) electrons. The number of aromatic nitrogens is 2. The summed E-state index contributed by atoms with van der Waals surface area (Å²) in [5, 5.41) is 11.3. The van der Waals surface area contributed by atoms with Gasteiger partial charge in [0, 0.05) is 5.75 Å². The maximum absolute atomic E-state index is 4.11. The van der Waals surface area contributed by atoms with E-state index < -0.39 is 0 Å². The van der Waals surface area contributed by atoms with Gasteiger partial charge in [-0.15, -0.1) is 10.2 Å². The first-order valence-electron chi connectivity index (χ1n) is 4.41. The van der Waals surface area contributed by atoms with E-state index in [0.717, 1.165) is 21.0 Å². The van der Waals surface area contributed by atoms with Crippen LogP contribution in [0.2, 0.25) is 0 Å². The molecule has 1 atom stereocenters. The number of thioether (sulfide) groups is 2. The van der Waals surface area contributed by atoms with Crippen molar-refractivity contribution in [1.82, 2.24) is 15.5 Å². The van der Waals surface area contributed by atoms with Crippen LogP contribution in [0.1, 0.15) is 6.92 Å². The molecule has 1 rings (SSSR count). The molecule has 0 spiro atoms. The molecule has 14 heavy (non-hydrogen) atoms. The molecule has 0 aliphatic heterocycles. The van der Waals surface area contributed by atoms with E-state index in [1.54, 1.807) is 34.9 Å². The van der Waals surface area contributed by atoms with Gasteiger partial charge < -0.3 is 5.32 Å². The van der Waals surface area contributed by atoms with E-state index in [4.69, 9.17) is 0 Å². The number of rotatable bonds is 6. The van der Waals surface area contributed by atoms with E-state index >= 15 is 0 Å². The topological polar surface area (TPSA) is 37.8 Å². The lowest BCUT2D eigenvalue weighted by atomic mass is 10.2. The Morgan fingerprint density at radius 2 is 2.14 bits per heavy atom. The third kappa shape index (κ3) is 4.16. The Hall–Kier alpha value is 0.220. The van der Waals surface area contributed by atoms with Crippen molar-refractivity contribution in [3.05, 3.63) is 0 Å². The van der Waals surface area contributed by atoms with E-state index in [9.17, 15) is 0 Å². The third-order valence-corrected chi connectivity index (χ3v) is 4.97. The van der Waals surface area contributed by atoms with E-state index in [1.165, 1.54) is 0 Å². The van der Waals surface area contributed by atoms with Crippen molar-refractivity contribution < 1.29 is 0 Å². The third-order valence-electron chi connectivity index (χ3n) is 1.61. The molecule has 1 unspecified atom stereocenters. The molecule has 0 aliphatic rings. The van der Waals surface area contributed by atoms with E-state index in [2.05, 4.69) is 22.4 Å². The summed E-state index contributed by atoms with van der Waals surface area (Å²) >= 11 is 5.13. The second kappa shape index (κ2) is 6.66. The Morgan fingerprint density at radius 1 is 1.43 bits per heavy atom. The molecular weight excluding hydrogens is 234 g/mol. The number of nitrogens with one attached hydrogen (secondary N) is 1. The Bertz CT molecular complexity index is 264. The average molecular weight is 249 g/mol. The molecule has 0 fully saturated rings. The molecule has 1 aromatic heterocycles. The fraction of sp³-hybridized carbons (Fsp3) is 0.750. The van der Waals surface area contributed by atoms with Crippen LogP contribution >= 0.6 is 34.9 Å². The zero-order chi connectivity index (χ0) is 10.4. The summed E-state index contributed by atoms with van der Waals surface area (Å²) in [5.74, 6) is 1.77. The highest BCUT2D eigenvalue weighted by Crippen LogP contribution is 2.28. The quantitative estimate of drug-likeness (QED) is 0.783. The van der Waals surface area contributed by atoms with E-state index in [0.29, 0.717) is 5.92 Å². The maximum Gasteiger partial charge on any atom is 0.175 e. The van der Waals surface area contributed by atoms with E-state index in [-0.39, 0.29) is 0 Å². The normalized spacial score (nSPS) is 13.1. The summed E-state index contributed by atoms with van der Waals surface area (Å²) in [6.45, 7) is 3.29. The van der Waals surface area contributed by atoms with Crippen LogP contribution in [0.4, 0.5) is 0 Å². The lowest BCUT2D eigenvalue weighted by molar-refractivity contribution is 0.603. The van der Waals surface area contributed by atoms with Crippen LogP contribution in [-0.2, 0) is 0 Å².